The predicted octanol–water partition coefficient (Wildman–Crippen LogP) is 3.54. The van der Waals surface area contributed by atoms with Crippen LogP contribution in [0.15, 0.2) is 18.2 Å². The first kappa shape index (κ1) is 12.6. The van der Waals surface area contributed by atoms with Gasteiger partial charge in [-0.05, 0) is 55.9 Å². The lowest BCUT2D eigenvalue weighted by atomic mass is 9.85. The van der Waals surface area contributed by atoms with Crippen molar-refractivity contribution >= 4 is 5.91 Å². The maximum Gasteiger partial charge on any atom is 0.254 e. The number of benzene rings is 1. The number of nitrogens with zero attached hydrogens (tertiary/aromatic N) is 1. The maximum atomic E-state index is 13.1. The third kappa shape index (κ3) is 2.26. The number of likely N-dealkylation sites (tertiary alicyclic amines) is 1. The summed E-state index contributed by atoms with van der Waals surface area (Å²) in [6, 6.07) is 4.88. The molecule has 0 N–H and O–H groups in total. The number of rotatable bonds is 1. The highest BCUT2D eigenvalue weighted by molar-refractivity contribution is 5.96. The van der Waals surface area contributed by atoms with Gasteiger partial charge < -0.3 is 4.90 Å². The van der Waals surface area contributed by atoms with Gasteiger partial charge in [-0.1, -0.05) is 12.8 Å². The topological polar surface area (TPSA) is 20.3 Å². The SMILES string of the molecule is Cc1cc(F)ccc1C(=O)N1CCC2CCCCC21. The molecule has 1 saturated carbocycles. The Hall–Kier alpha value is -1.38. The first-order chi connectivity index (χ1) is 9.16. The first-order valence-electron chi connectivity index (χ1n) is 7.24. The Morgan fingerprint density at radius 3 is 2.84 bits per heavy atom. The fourth-order valence-corrected chi connectivity index (χ4v) is 3.68. The largest absolute Gasteiger partial charge is 0.335 e. The molecule has 0 radical (unpaired) electrons. The van der Waals surface area contributed by atoms with E-state index in [2.05, 4.69) is 0 Å². The molecule has 0 bridgehead atoms. The molecule has 3 heteroatoms. The van der Waals surface area contributed by atoms with Crippen LogP contribution in [0, 0.1) is 18.7 Å². The van der Waals surface area contributed by atoms with Crippen LogP contribution in [0.25, 0.3) is 0 Å². The number of aryl methyl sites for hydroxylation is 1. The van der Waals surface area contributed by atoms with Crippen molar-refractivity contribution in [3.8, 4) is 0 Å². The Kier molecular flexibility index (Phi) is 3.29. The Labute approximate surface area is 113 Å². The Morgan fingerprint density at radius 2 is 2.05 bits per heavy atom. The molecule has 2 atom stereocenters. The van der Waals surface area contributed by atoms with Crippen LogP contribution in [0.1, 0.15) is 48.0 Å². The van der Waals surface area contributed by atoms with Gasteiger partial charge in [-0.15, -0.1) is 0 Å². The third-order valence-corrected chi connectivity index (χ3v) is 4.69. The number of halogens is 1. The summed E-state index contributed by atoms with van der Waals surface area (Å²) in [5.41, 5.74) is 1.40. The summed E-state index contributed by atoms with van der Waals surface area (Å²) in [6.45, 7) is 2.68. The second kappa shape index (κ2) is 4.95. The van der Waals surface area contributed by atoms with Crippen molar-refractivity contribution in [1.29, 1.82) is 0 Å². The zero-order valence-corrected chi connectivity index (χ0v) is 11.4. The van der Waals surface area contributed by atoms with E-state index in [-0.39, 0.29) is 11.7 Å². The molecule has 2 nitrogen and oxygen atoms in total. The number of fused-ring (bicyclic) bond motifs is 1. The van der Waals surface area contributed by atoms with Crippen LogP contribution in [-0.2, 0) is 0 Å². The summed E-state index contributed by atoms with van der Waals surface area (Å²) in [6.07, 6.45) is 6.07. The van der Waals surface area contributed by atoms with Crippen molar-refractivity contribution in [3.63, 3.8) is 0 Å². The van der Waals surface area contributed by atoms with Crippen LogP contribution < -0.4 is 0 Å². The summed E-state index contributed by atoms with van der Waals surface area (Å²) in [5.74, 6) is 0.511. The highest BCUT2D eigenvalue weighted by atomic mass is 19.1. The molecule has 0 aromatic heterocycles. The standard InChI is InChI=1S/C16H20FNO/c1-11-10-13(17)6-7-14(11)16(19)18-9-8-12-4-2-3-5-15(12)18/h6-7,10,12,15H,2-5,8-9H2,1H3. The molecular formula is C16H20FNO. The van der Waals surface area contributed by atoms with Crippen molar-refractivity contribution in [2.24, 2.45) is 5.92 Å². The Bertz CT molecular complexity index is 500. The molecule has 1 heterocycles. The number of carbonyl (C=O) groups excluding carboxylic acids is 1. The molecule has 2 fully saturated rings. The lowest BCUT2D eigenvalue weighted by Crippen LogP contribution is -2.39. The van der Waals surface area contributed by atoms with Gasteiger partial charge in [-0.2, -0.15) is 0 Å². The fraction of sp³-hybridized carbons (Fsp3) is 0.562. The van der Waals surface area contributed by atoms with Crippen LogP contribution in [0.3, 0.4) is 0 Å². The van der Waals surface area contributed by atoms with Crippen molar-refractivity contribution < 1.29 is 9.18 Å². The average molecular weight is 261 g/mol. The summed E-state index contributed by atoms with van der Waals surface area (Å²) >= 11 is 0. The molecule has 1 aromatic carbocycles. The highest BCUT2D eigenvalue weighted by Gasteiger charge is 2.38. The van der Waals surface area contributed by atoms with E-state index in [1.165, 1.54) is 31.4 Å². The number of hydrogen-bond donors (Lipinski definition) is 0. The molecule has 0 spiro atoms. The number of amides is 1. The van der Waals surface area contributed by atoms with Crippen molar-refractivity contribution in [2.45, 2.75) is 45.1 Å². The molecular weight excluding hydrogens is 241 g/mol. The van der Waals surface area contributed by atoms with E-state index in [1.807, 2.05) is 11.8 Å². The van der Waals surface area contributed by atoms with E-state index in [9.17, 15) is 9.18 Å². The van der Waals surface area contributed by atoms with E-state index in [0.29, 0.717) is 17.5 Å². The first-order valence-corrected chi connectivity index (χ1v) is 7.24. The Morgan fingerprint density at radius 1 is 1.26 bits per heavy atom. The zero-order valence-electron chi connectivity index (χ0n) is 11.4. The van der Waals surface area contributed by atoms with Crippen LogP contribution in [-0.4, -0.2) is 23.4 Å². The summed E-state index contributed by atoms with van der Waals surface area (Å²) < 4.78 is 13.1. The van der Waals surface area contributed by atoms with Gasteiger partial charge in [0, 0.05) is 18.2 Å². The number of hydrogen-bond acceptors (Lipinski definition) is 1. The minimum atomic E-state index is -0.272. The van der Waals surface area contributed by atoms with Gasteiger partial charge >= 0.3 is 0 Å². The monoisotopic (exact) mass is 261 g/mol. The van der Waals surface area contributed by atoms with Crippen molar-refractivity contribution in [1.82, 2.24) is 4.90 Å². The zero-order chi connectivity index (χ0) is 13.4. The second-order valence-electron chi connectivity index (χ2n) is 5.86. The molecule has 19 heavy (non-hydrogen) atoms. The number of carbonyl (C=O) groups is 1. The lowest BCUT2D eigenvalue weighted by Gasteiger charge is -2.32. The summed E-state index contributed by atoms with van der Waals surface area (Å²) in [7, 11) is 0. The van der Waals surface area contributed by atoms with Gasteiger partial charge in [-0.3, -0.25) is 4.79 Å². The summed E-state index contributed by atoms with van der Waals surface area (Å²) in [5, 5.41) is 0. The minimum Gasteiger partial charge on any atom is -0.335 e. The Balaban J connectivity index is 1.83. The highest BCUT2D eigenvalue weighted by Crippen LogP contribution is 2.37. The van der Waals surface area contributed by atoms with E-state index < -0.39 is 0 Å². The third-order valence-electron chi connectivity index (χ3n) is 4.69. The van der Waals surface area contributed by atoms with Crippen LogP contribution >= 0.6 is 0 Å². The van der Waals surface area contributed by atoms with Crippen LogP contribution in [0.5, 0.6) is 0 Å². The van der Waals surface area contributed by atoms with E-state index in [4.69, 9.17) is 0 Å². The van der Waals surface area contributed by atoms with Crippen molar-refractivity contribution in [2.75, 3.05) is 6.54 Å². The molecule has 1 aliphatic carbocycles. The van der Waals surface area contributed by atoms with Gasteiger partial charge in [0.15, 0.2) is 0 Å². The average Bonchev–Trinajstić information content (AvgIpc) is 2.82. The maximum absolute atomic E-state index is 13.1. The molecule has 102 valence electrons. The second-order valence-corrected chi connectivity index (χ2v) is 5.86. The smallest absolute Gasteiger partial charge is 0.254 e. The molecule has 1 saturated heterocycles. The lowest BCUT2D eigenvalue weighted by molar-refractivity contribution is 0.0689. The van der Waals surface area contributed by atoms with Crippen LogP contribution in [0.4, 0.5) is 4.39 Å². The van der Waals surface area contributed by atoms with Crippen LogP contribution in [0.2, 0.25) is 0 Å². The summed E-state index contributed by atoms with van der Waals surface area (Å²) in [4.78, 5) is 14.7. The molecule has 1 aliphatic heterocycles. The van der Waals surface area contributed by atoms with Gasteiger partial charge in [0.1, 0.15) is 5.82 Å². The van der Waals surface area contributed by atoms with E-state index in [1.54, 1.807) is 6.07 Å². The van der Waals surface area contributed by atoms with Gasteiger partial charge in [-0.25, -0.2) is 4.39 Å². The quantitative estimate of drug-likeness (QED) is 0.757. The van der Waals surface area contributed by atoms with Gasteiger partial charge in [0.25, 0.3) is 5.91 Å². The van der Waals surface area contributed by atoms with Crippen molar-refractivity contribution in [3.05, 3.63) is 35.1 Å². The molecule has 2 unspecified atom stereocenters. The fourth-order valence-electron chi connectivity index (χ4n) is 3.68. The molecule has 1 aromatic rings. The van der Waals surface area contributed by atoms with E-state index in [0.717, 1.165) is 24.9 Å². The normalized spacial score (nSPS) is 26.3. The minimum absolute atomic E-state index is 0.0897. The molecule has 1 amide bonds. The molecule has 2 aliphatic rings. The van der Waals surface area contributed by atoms with Gasteiger partial charge in [0.05, 0.1) is 0 Å². The van der Waals surface area contributed by atoms with E-state index >= 15 is 0 Å². The predicted molar refractivity (Wildman–Crippen MR) is 72.5 cm³/mol. The van der Waals surface area contributed by atoms with Gasteiger partial charge in [0.2, 0.25) is 0 Å². The molecule has 3 rings (SSSR count).